The van der Waals surface area contributed by atoms with Crippen molar-refractivity contribution in [2.75, 3.05) is 41.4 Å². The van der Waals surface area contributed by atoms with Gasteiger partial charge >= 0.3 is 0 Å². The van der Waals surface area contributed by atoms with E-state index in [-0.39, 0.29) is 11.4 Å². The topological polar surface area (TPSA) is 79.3 Å². The molecule has 1 aromatic rings. The number of ketones is 1. The second kappa shape index (κ2) is 8.23. The van der Waals surface area contributed by atoms with Gasteiger partial charge in [0.25, 0.3) is 5.91 Å². The third-order valence-electron chi connectivity index (χ3n) is 4.41. The molecular formula is C19H26N2O5. The molecule has 7 heteroatoms. The fourth-order valence-electron chi connectivity index (χ4n) is 3.17. The Kier molecular flexibility index (Phi) is 6.26. The molecule has 1 atom stereocenters. The van der Waals surface area contributed by atoms with Gasteiger partial charge in [-0.3, -0.25) is 9.59 Å². The minimum absolute atomic E-state index is 0.118. The Morgan fingerprint density at radius 2 is 1.88 bits per heavy atom. The van der Waals surface area contributed by atoms with Crippen LogP contribution in [0.5, 0.6) is 11.5 Å². The van der Waals surface area contributed by atoms with E-state index < -0.39 is 17.7 Å². The van der Waals surface area contributed by atoms with E-state index in [4.69, 9.17) is 9.47 Å². The van der Waals surface area contributed by atoms with Crippen LogP contribution in [-0.2, 0) is 9.59 Å². The molecule has 0 spiro atoms. The summed E-state index contributed by atoms with van der Waals surface area (Å²) in [7, 11) is 6.97. The number of aliphatic hydroxyl groups is 1. The van der Waals surface area contributed by atoms with E-state index in [1.54, 1.807) is 18.2 Å². The second-order valence-electron chi connectivity index (χ2n) is 6.49. The maximum atomic E-state index is 12.6. The number of methoxy groups -OCH3 is 2. The van der Waals surface area contributed by atoms with Crippen molar-refractivity contribution >= 4 is 11.7 Å². The quantitative estimate of drug-likeness (QED) is 0.761. The highest BCUT2D eigenvalue weighted by atomic mass is 16.5. The highest BCUT2D eigenvalue weighted by molar-refractivity contribution is 6.08. The van der Waals surface area contributed by atoms with Crippen LogP contribution in [0.3, 0.4) is 0 Å². The van der Waals surface area contributed by atoms with Crippen molar-refractivity contribution < 1.29 is 24.2 Å². The van der Waals surface area contributed by atoms with Crippen molar-refractivity contribution in [3.63, 3.8) is 0 Å². The van der Waals surface area contributed by atoms with Crippen molar-refractivity contribution in [3.05, 3.63) is 35.1 Å². The second-order valence-corrected chi connectivity index (χ2v) is 6.49. The maximum absolute atomic E-state index is 12.6. The maximum Gasteiger partial charge on any atom is 0.290 e. The molecule has 0 saturated heterocycles. The molecule has 0 fully saturated rings. The van der Waals surface area contributed by atoms with Crippen LogP contribution in [0.1, 0.15) is 24.9 Å². The van der Waals surface area contributed by atoms with Gasteiger partial charge in [0.2, 0.25) is 0 Å². The Labute approximate surface area is 153 Å². The summed E-state index contributed by atoms with van der Waals surface area (Å²) in [6.07, 6.45) is 0.723. The zero-order valence-electron chi connectivity index (χ0n) is 15.9. The molecular weight excluding hydrogens is 336 g/mol. The molecule has 142 valence electrons. The highest BCUT2D eigenvalue weighted by Gasteiger charge is 2.42. The van der Waals surface area contributed by atoms with E-state index >= 15 is 0 Å². The zero-order valence-corrected chi connectivity index (χ0v) is 15.9. The van der Waals surface area contributed by atoms with Gasteiger partial charge in [0.05, 0.1) is 25.8 Å². The van der Waals surface area contributed by atoms with Crippen LogP contribution in [0.4, 0.5) is 0 Å². The number of nitrogens with zero attached hydrogens (tertiary/aromatic N) is 2. The van der Waals surface area contributed by atoms with E-state index in [0.29, 0.717) is 23.6 Å². The van der Waals surface area contributed by atoms with Crippen LogP contribution in [-0.4, -0.2) is 68.0 Å². The molecule has 0 aromatic heterocycles. The van der Waals surface area contributed by atoms with Crippen LogP contribution in [0.2, 0.25) is 0 Å². The van der Waals surface area contributed by atoms with Crippen molar-refractivity contribution in [1.82, 2.24) is 9.80 Å². The highest BCUT2D eigenvalue weighted by Crippen LogP contribution is 2.40. The summed E-state index contributed by atoms with van der Waals surface area (Å²) in [6, 6.07) is 4.60. The molecule has 0 bridgehead atoms. The summed E-state index contributed by atoms with van der Waals surface area (Å²) in [4.78, 5) is 28.2. The summed E-state index contributed by atoms with van der Waals surface area (Å²) in [5.74, 6) is -0.265. The van der Waals surface area contributed by atoms with E-state index in [9.17, 15) is 14.7 Å². The SMILES string of the molecule is COc1ccc(C2C(C(C)=O)=C(O)C(=O)N2CCCN(C)C)cc1OC. The van der Waals surface area contributed by atoms with Crippen LogP contribution < -0.4 is 9.47 Å². The van der Waals surface area contributed by atoms with Gasteiger partial charge in [0.1, 0.15) is 0 Å². The standard InChI is InChI=1S/C19H26N2O5/c1-12(22)16-17(13-7-8-14(25-4)15(11-13)26-5)21(19(24)18(16)23)10-6-9-20(2)3/h7-8,11,17,23H,6,9-10H2,1-5H3. The number of hydrogen-bond acceptors (Lipinski definition) is 6. The number of amides is 1. The number of carbonyl (C=O) groups excluding carboxylic acids is 2. The van der Waals surface area contributed by atoms with Crippen LogP contribution in [0.15, 0.2) is 29.5 Å². The lowest BCUT2D eigenvalue weighted by Crippen LogP contribution is -2.33. The fraction of sp³-hybridized carbons (Fsp3) is 0.474. The fourth-order valence-corrected chi connectivity index (χ4v) is 3.17. The number of rotatable bonds is 8. The summed E-state index contributed by atoms with van der Waals surface area (Å²) >= 11 is 0. The van der Waals surface area contributed by atoms with E-state index in [0.717, 1.165) is 13.0 Å². The molecule has 1 N–H and O–H groups in total. The Morgan fingerprint density at radius 3 is 2.42 bits per heavy atom. The van der Waals surface area contributed by atoms with Crippen LogP contribution in [0, 0.1) is 0 Å². The largest absolute Gasteiger partial charge is 0.503 e. The van der Waals surface area contributed by atoms with Gasteiger partial charge in [0.15, 0.2) is 23.0 Å². The number of ether oxygens (including phenoxy) is 2. The van der Waals surface area contributed by atoms with Crippen molar-refractivity contribution in [2.24, 2.45) is 0 Å². The molecule has 0 aliphatic carbocycles. The van der Waals surface area contributed by atoms with Gasteiger partial charge in [-0.25, -0.2) is 0 Å². The lowest BCUT2D eigenvalue weighted by atomic mass is 9.96. The summed E-state index contributed by atoms with van der Waals surface area (Å²) in [6.45, 7) is 2.57. The average molecular weight is 362 g/mol. The van der Waals surface area contributed by atoms with Crippen molar-refractivity contribution in [3.8, 4) is 11.5 Å². The molecule has 1 aromatic carbocycles. The summed E-state index contributed by atoms with van der Waals surface area (Å²) in [5, 5.41) is 10.3. The Bertz CT molecular complexity index is 727. The number of aliphatic hydroxyl groups excluding tert-OH is 1. The van der Waals surface area contributed by atoms with Gasteiger partial charge < -0.3 is 24.4 Å². The molecule has 2 rings (SSSR count). The Hall–Kier alpha value is -2.54. The lowest BCUT2D eigenvalue weighted by molar-refractivity contribution is -0.129. The van der Waals surface area contributed by atoms with Gasteiger partial charge in [-0.2, -0.15) is 0 Å². The molecule has 1 heterocycles. The minimum atomic E-state index is -0.637. The predicted molar refractivity (Wildman–Crippen MR) is 97.5 cm³/mol. The van der Waals surface area contributed by atoms with E-state index in [1.807, 2.05) is 19.0 Å². The van der Waals surface area contributed by atoms with Crippen molar-refractivity contribution in [1.29, 1.82) is 0 Å². The van der Waals surface area contributed by atoms with E-state index in [1.165, 1.54) is 26.0 Å². The summed E-state index contributed by atoms with van der Waals surface area (Å²) in [5.41, 5.74) is 0.808. The molecule has 1 amide bonds. The van der Waals surface area contributed by atoms with Crippen LogP contribution >= 0.6 is 0 Å². The smallest absolute Gasteiger partial charge is 0.290 e. The van der Waals surface area contributed by atoms with E-state index in [2.05, 4.69) is 0 Å². The molecule has 0 saturated carbocycles. The number of carbonyl (C=O) groups is 2. The third kappa shape index (κ3) is 3.83. The molecule has 26 heavy (non-hydrogen) atoms. The van der Waals surface area contributed by atoms with Gasteiger partial charge in [-0.1, -0.05) is 6.07 Å². The third-order valence-corrected chi connectivity index (χ3v) is 4.41. The molecule has 1 aliphatic heterocycles. The summed E-state index contributed by atoms with van der Waals surface area (Å²) < 4.78 is 10.6. The number of benzene rings is 1. The minimum Gasteiger partial charge on any atom is -0.503 e. The van der Waals surface area contributed by atoms with Crippen molar-refractivity contribution in [2.45, 2.75) is 19.4 Å². The molecule has 7 nitrogen and oxygen atoms in total. The monoisotopic (exact) mass is 362 g/mol. The Balaban J connectivity index is 2.44. The van der Waals surface area contributed by atoms with Gasteiger partial charge in [0, 0.05) is 6.54 Å². The molecule has 0 radical (unpaired) electrons. The zero-order chi connectivity index (χ0) is 19.4. The van der Waals surface area contributed by atoms with Gasteiger partial charge in [-0.15, -0.1) is 0 Å². The first-order valence-electron chi connectivity index (χ1n) is 8.43. The molecule has 1 unspecified atom stereocenters. The molecule has 1 aliphatic rings. The Morgan fingerprint density at radius 1 is 1.23 bits per heavy atom. The first-order valence-corrected chi connectivity index (χ1v) is 8.43. The van der Waals surface area contributed by atoms with Crippen LogP contribution in [0.25, 0.3) is 0 Å². The number of Topliss-reactive ketones (excluding diaryl/α,β-unsaturated/α-hetero) is 1. The lowest BCUT2D eigenvalue weighted by Gasteiger charge is -2.27. The number of hydrogen-bond donors (Lipinski definition) is 1. The predicted octanol–water partition coefficient (Wildman–Crippen LogP) is 1.94. The first kappa shape index (κ1) is 19.8. The van der Waals surface area contributed by atoms with Gasteiger partial charge in [-0.05, 0) is 51.7 Å². The first-order chi connectivity index (χ1) is 12.3. The average Bonchev–Trinajstić information content (AvgIpc) is 2.85. The normalized spacial score (nSPS) is 17.2.